The van der Waals surface area contributed by atoms with Crippen molar-refractivity contribution in [1.29, 1.82) is 0 Å². The first-order valence-electron chi connectivity index (χ1n) is 10.4. The van der Waals surface area contributed by atoms with Crippen LogP contribution in [-0.4, -0.2) is 41.2 Å². The van der Waals surface area contributed by atoms with Gasteiger partial charge in [-0.15, -0.1) is 0 Å². The number of aliphatic carboxylic acids is 1. The Morgan fingerprint density at radius 3 is 2.82 bits per heavy atom. The Balaban J connectivity index is 1.59. The van der Waals surface area contributed by atoms with Crippen molar-refractivity contribution in [2.75, 3.05) is 6.54 Å². The van der Waals surface area contributed by atoms with Crippen LogP contribution in [0, 0.1) is 5.41 Å². The van der Waals surface area contributed by atoms with E-state index in [2.05, 4.69) is 33.7 Å². The highest BCUT2D eigenvalue weighted by atomic mass is 35.5. The molecule has 1 aliphatic carbocycles. The molecule has 4 rings (SSSR count). The predicted molar refractivity (Wildman–Crippen MR) is 121 cm³/mol. The summed E-state index contributed by atoms with van der Waals surface area (Å²) < 4.78 is 32.5. The number of nitrogens with zero attached hydrogens (tertiary/aromatic N) is 3. The number of carboxylic acids is 1. The zero-order valence-electron chi connectivity index (χ0n) is 18.1. The molecule has 2 aromatic heterocycles. The summed E-state index contributed by atoms with van der Waals surface area (Å²) in [5.41, 5.74) is 3.84. The zero-order chi connectivity index (χ0) is 23.8. The molecule has 2 N–H and O–H groups in total. The van der Waals surface area contributed by atoms with Crippen LogP contribution in [-0.2, 0) is 27.7 Å². The third-order valence-corrected chi connectivity index (χ3v) is 7.58. The van der Waals surface area contributed by atoms with E-state index in [1.54, 1.807) is 6.20 Å². The van der Waals surface area contributed by atoms with Crippen molar-refractivity contribution in [2.45, 2.75) is 44.4 Å². The Hall–Kier alpha value is -2.82. The average Bonchev–Trinajstić information content (AvgIpc) is 3.22. The van der Waals surface area contributed by atoms with Gasteiger partial charge in [0.1, 0.15) is 4.90 Å². The molecule has 9 nitrogen and oxygen atoms in total. The fourth-order valence-electron chi connectivity index (χ4n) is 3.91. The lowest BCUT2D eigenvalue weighted by atomic mass is 9.74. The normalized spacial score (nSPS) is 15.2. The fourth-order valence-corrected chi connectivity index (χ4v) is 5.48. The van der Waals surface area contributed by atoms with Crippen LogP contribution >= 0.6 is 11.6 Å². The molecule has 174 valence electrons. The molecular formula is C22H23ClN4O5S. The summed E-state index contributed by atoms with van der Waals surface area (Å²) in [5, 5.41) is 12.7. The molecule has 0 saturated carbocycles. The molecule has 0 spiro atoms. The van der Waals surface area contributed by atoms with Crippen LogP contribution < -0.4 is 4.72 Å². The van der Waals surface area contributed by atoms with Gasteiger partial charge in [-0.1, -0.05) is 30.6 Å². The van der Waals surface area contributed by atoms with Crippen molar-refractivity contribution in [1.82, 2.24) is 19.8 Å². The Bertz CT molecular complexity index is 1320. The highest BCUT2D eigenvalue weighted by molar-refractivity contribution is 7.89. The molecule has 1 aliphatic rings. The summed E-state index contributed by atoms with van der Waals surface area (Å²) in [7, 11) is -3.96. The zero-order valence-corrected chi connectivity index (χ0v) is 19.7. The van der Waals surface area contributed by atoms with E-state index in [0.717, 1.165) is 30.4 Å². The van der Waals surface area contributed by atoms with Gasteiger partial charge in [-0.05, 0) is 54.0 Å². The molecule has 0 atom stereocenters. The second kappa shape index (κ2) is 8.85. The maximum atomic E-state index is 12.4. The highest BCUT2D eigenvalue weighted by Gasteiger charge is 2.28. The lowest BCUT2D eigenvalue weighted by Crippen LogP contribution is -2.26. The molecule has 0 aliphatic heterocycles. The topological polar surface area (TPSA) is 135 Å². The number of carboxylic acid groups (broad SMARTS) is 1. The second-order valence-electron chi connectivity index (χ2n) is 8.78. The third-order valence-electron chi connectivity index (χ3n) is 5.63. The maximum absolute atomic E-state index is 12.4. The number of pyridine rings is 1. The molecule has 0 bridgehead atoms. The van der Waals surface area contributed by atoms with Gasteiger partial charge in [0, 0.05) is 24.5 Å². The number of benzene rings is 1. The van der Waals surface area contributed by atoms with E-state index in [4.69, 9.17) is 21.2 Å². The van der Waals surface area contributed by atoms with Crippen LogP contribution in [0.25, 0.3) is 22.8 Å². The summed E-state index contributed by atoms with van der Waals surface area (Å²) in [6, 6.07) is 4.28. The molecule has 11 heteroatoms. The number of carbonyl (C=O) groups is 1. The largest absolute Gasteiger partial charge is 0.481 e. The molecule has 0 radical (unpaired) electrons. The lowest BCUT2D eigenvalue weighted by molar-refractivity contribution is -0.136. The number of hydrogen-bond donors (Lipinski definition) is 2. The van der Waals surface area contributed by atoms with Crippen LogP contribution in [0.5, 0.6) is 0 Å². The van der Waals surface area contributed by atoms with E-state index in [1.165, 1.54) is 23.8 Å². The summed E-state index contributed by atoms with van der Waals surface area (Å²) in [6.45, 7) is 4.24. The summed E-state index contributed by atoms with van der Waals surface area (Å²) in [6.07, 6.45) is 6.14. The van der Waals surface area contributed by atoms with Gasteiger partial charge in [-0.2, -0.15) is 4.98 Å². The van der Waals surface area contributed by atoms with Gasteiger partial charge in [0.05, 0.1) is 17.0 Å². The van der Waals surface area contributed by atoms with Gasteiger partial charge in [0.15, 0.2) is 0 Å². The molecule has 3 aromatic rings. The van der Waals surface area contributed by atoms with Gasteiger partial charge in [0.25, 0.3) is 5.89 Å². The van der Waals surface area contributed by atoms with Crippen molar-refractivity contribution < 1.29 is 22.8 Å². The summed E-state index contributed by atoms with van der Waals surface area (Å²) >= 11 is 6.22. The number of rotatable bonds is 7. The molecule has 0 unspecified atom stereocenters. The molecule has 0 fully saturated rings. The number of halogens is 1. The monoisotopic (exact) mass is 490 g/mol. The van der Waals surface area contributed by atoms with Crippen molar-refractivity contribution >= 4 is 27.6 Å². The van der Waals surface area contributed by atoms with E-state index in [-0.39, 0.29) is 34.1 Å². The molecule has 33 heavy (non-hydrogen) atoms. The highest BCUT2D eigenvalue weighted by Crippen LogP contribution is 2.38. The minimum absolute atomic E-state index is 0.0392. The lowest BCUT2D eigenvalue weighted by Gasteiger charge is -2.31. The Morgan fingerprint density at radius 2 is 2.09 bits per heavy atom. The molecule has 2 heterocycles. The Labute approximate surface area is 196 Å². The molecule has 0 saturated heterocycles. The SMILES string of the molecule is CC1(C)CCc2c(cncc2-c2nc(-c3ccc(S(=O)(=O)NCCC(=O)O)c(Cl)c3)no2)C1. The smallest absolute Gasteiger partial charge is 0.304 e. The van der Waals surface area contributed by atoms with Crippen LogP contribution in [0.3, 0.4) is 0 Å². The van der Waals surface area contributed by atoms with Crippen molar-refractivity contribution in [2.24, 2.45) is 5.41 Å². The minimum atomic E-state index is -3.96. The van der Waals surface area contributed by atoms with Crippen molar-refractivity contribution in [3.05, 3.63) is 46.7 Å². The Kier molecular flexibility index (Phi) is 6.26. The molecular weight excluding hydrogens is 468 g/mol. The number of aromatic nitrogens is 3. The minimum Gasteiger partial charge on any atom is -0.481 e. The number of fused-ring (bicyclic) bond motifs is 1. The second-order valence-corrected chi connectivity index (χ2v) is 10.9. The van der Waals surface area contributed by atoms with Crippen LogP contribution in [0.1, 0.15) is 37.8 Å². The first-order chi connectivity index (χ1) is 15.6. The van der Waals surface area contributed by atoms with Crippen LogP contribution in [0.4, 0.5) is 0 Å². The fraction of sp³-hybridized carbons (Fsp3) is 0.364. The number of nitrogens with one attached hydrogen (secondary N) is 1. The molecule has 1 aromatic carbocycles. The average molecular weight is 491 g/mol. The first-order valence-corrected chi connectivity index (χ1v) is 12.2. The van der Waals surface area contributed by atoms with E-state index >= 15 is 0 Å². The maximum Gasteiger partial charge on any atom is 0.304 e. The van der Waals surface area contributed by atoms with Gasteiger partial charge in [-0.3, -0.25) is 9.78 Å². The van der Waals surface area contributed by atoms with Crippen LogP contribution in [0.15, 0.2) is 40.0 Å². The van der Waals surface area contributed by atoms with Gasteiger partial charge >= 0.3 is 5.97 Å². The summed E-state index contributed by atoms with van der Waals surface area (Å²) in [5.74, 6) is -0.494. The number of sulfonamides is 1. The predicted octanol–water partition coefficient (Wildman–Crippen LogP) is 3.72. The standard InChI is InChI=1S/C22H23ClN4O5S/c1-22(2)7-5-15-14(10-22)11-24-12-16(15)21-26-20(27-32-21)13-3-4-18(17(23)9-13)33(30,31)25-8-6-19(28)29/h3-4,9,11-12,25H,5-8,10H2,1-2H3,(H,28,29). The van der Waals surface area contributed by atoms with E-state index in [1.807, 2.05) is 6.20 Å². The van der Waals surface area contributed by atoms with Crippen molar-refractivity contribution in [3.8, 4) is 22.8 Å². The Morgan fingerprint density at radius 1 is 1.30 bits per heavy atom. The quantitative estimate of drug-likeness (QED) is 0.511. The molecule has 0 amide bonds. The summed E-state index contributed by atoms with van der Waals surface area (Å²) in [4.78, 5) is 19.3. The van der Waals surface area contributed by atoms with E-state index in [9.17, 15) is 13.2 Å². The third kappa shape index (κ3) is 5.07. The van der Waals surface area contributed by atoms with Crippen molar-refractivity contribution in [3.63, 3.8) is 0 Å². The van der Waals surface area contributed by atoms with Gasteiger partial charge < -0.3 is 9.63 Å². The first kappa shape index (κ1) is 23.3. The number of hydrogen-bond acceptors (Lipinski definition) is 7. The van der Waals surface area contributed by atoms with E-state index in [0.29, 0.717) is 11.5 Å². The van der Waals surface area contributed by atoms with Crippen LogP contribution in [0.2, 0.25) is 5.02 Å². The van der Waals surface area contributed by atoms with Gasteiger partial charge in [-0.25, -0.2) is 13.1 Å². The van der Waals surface area contributed by atoms with E-state index < -0.39 is 16.0 Å². The van der Waals surface area contributed by atoms with Gasteiger partial charge in [0.2, 0.25) is 15.8 Å².